The Morgan fingerprint density at radius 3 is 0.771 bits per heavy atom. The van der Waals surface area contributed by atoms with Gasteiger partial charge in [-0.1, -0.05) is 123 Å². The number of hydrogen-bond acceptors (Lipinski definition) is 2. The van der Waals surface area contributed by atoms with Gasteiger partial charge in [-0.3, -0.25) is 0 Å². The topological polar surface area (TPSA) is 6.48 Å². The zero-order valence-corrected chi connectivity index (χ0v) is 87.8. The van der Waals surface area contributed by atoms with Crippen molar-refractivity contribution in [3.8, 4) is 89.0 Å². The Morgan fingerprint density at radius 1 is 0.214 bits per heavy atom. The molecule has 2 saturated heterocycles. The molecule has 2 aliphatic carbocycles. The van der Waals surface area contributed by atoms with Gasteiger partial charge < -0.3 is 9.80 Å². The fourth-order valence-corrected chi connectivity index (χ4v) is 27.5. The molecule has 0 N–H and O–H groups in total. The Labute approximate surface area is 821 Å². The second-order valence-corrected chi connectivity index (χ2v) is 43.3. The number of hydrogen-bond donors (Lipinski definition) is 0. The highest BCUT2D eigenvalue weighted by Crippen LogP contribution is 2.56. The Bertz CT molecular complexity index is 6560. The van der Waals surface area contributed by atoms with Gasteiger partial charge in [0.2, 0.25) is 6.71 Å². The molecular weight excluding hydrogens is 1530 g/mol. The van der Waals surface area contributed by atoms with Gasteiger partial charge in [0.25, 0.3) is 0 Å². The molecule has 131 heavy (non-hydrogen) atoms. The molecule has 4 bridgehead atoms. The molecule has 13 aromatic rings. The molecular formula is C88H107B41N2. The monoisotopic (exact) mass is 1640 g/mol. The molecule has 1 unspecified atom stereocenters. The zero-order valence-electron chi connectivity index (χ0n) is 87.8. The van der Waals surface area contributed by atoms with Crippen LogP contribution in [0.3, 0.4) is 0 Å². The normalized spacial score (nSPS) is 16.3. The third kappa shape index (κ3) is 13.7. The van der Waals surface area contributed by atoms with Crippen LogP contribution in [0.2, 0.25) is 0 Å². The van der Waals surface area contributed by atoms with E-state index in [1.165, 1.54) is 395 Å². The van der Waals surface area contributed by atoms with Gasteiger partial charge in [-0.25, -0.2) is 0 Å². The molecule has 19 rings (SSSR count). The van der Waals surface area contributed by atoms with E-state index >= 15 is 0 Å². The van der Waals surface area contributed by atoms with E-state index in [0.717, 1.165) is 11.8 Å². The van der Waals surface area contributed by atoms with Crippen LogP contribution in [0.25, 0.3) is 89.0 Å². The number of rotatable bonds is 11. The Kier molecular flexibility index (Phi) is 23.9. The lowest BCUT2D eigenvalue weighted by molar-refractivity contribution is 0.0900. The van der Waals surface area contributed by atoms with Crippen molar-refractivity contribution < 1.29 is 0 Å². The molecule has 6 aliphatic rings. The maximum atomic E-state index is 3.09. The quantitative estimate of drug-likeness (QED) is 0.119. The number of nitrogens with zero attached hydrogens (tertiary/aromatic N) is 2. The fourth-order valence-electron chi connectivity index (χ4n) is 27.5. The van der Waals surface area contributed by atoms with Crippen LogP contribution in [0.1, 0.15) is 54.7 Å². The summed E-state index contributed by atoms with van der Waals surface area (Å²) < 4.78 is 0. The summed E-state index contributed by atoms with van der Waals surface area (Å²) in [6.45, 7) is -0.245. The van der Waals surface area contributed by atoms with Crippen LogP contribution in [-0.2, 0) is 0 Å². The lowest BCUT2D eigenvalue weighted by atomic mass is 9.30. The molecule has 4 aliphatic heterocycles. The van der Waals surface area contributed by atoms with Crippen molar-refractivity contribution in [1.82, 2.24) is 0 Å². The van der Waals surface area contributed by atoms with E-state index in [1.807, 2.05) is 0 Å². The Hall–Kier alpha value is -7.88. The minimum atomic E-state index is -0.313. The van der Waals surface area contributed by atoms with Crippen LogP contribution in [0, 0.1) is 11.8 Å². The molecule has 43 heteroatoms. The minimum Gasteiger partial charge on any atom is -0.365 e. The van der Waals surface area contributed by atoms with Crippen LogP contribution in [0.15, 0.2) is 72.8 Å². The lowest BCUT2D eigenvalue weighted by Crippen LogP contribution is -2.63. The van der Waals surface area contributed by atoms with Gasteiger partial charge >= 0.3 is 0 Å². The van der Waals surface area contributed by atoms with Crippen LogP contribution in [0.4, 0.5) is 22.7 Å². The summed E-state index contributed by atoms with van der Waals surface area (Å²) in [5.74, 6) is 1.18. The maximum absolute atomic E-state index is 3.09. The third-order valence-corrected chi connectivity index (χ3v) is 38.5. The van der Waals surface area contributed by atoms with Crippen LogP contribution in [0.5, 0.6) is 0 Å². The lowest BCUT2D eigenvalue weighted by Gasteiger charge is -2.58. The van der Waals surface area contributed by atoms with Crippen molar-refractivity contribution in [2.45, 2.75) is 50.1 Å². The maximum Gasteiger partial charge on any atom is 0.247 e. The molecule has 0 amide bonds. The Balaban J connectivity index is 1.15. The first-order valence-electron chi connectivity index (χ1n) is 49.7. The second kappa shape index (κ2) is 33.5. The summed E-state index contributed by atoms with van der Waals surface area (Å²) in [6, 6.07) is 33.8. The standard InChI is InChI=1S/C88H107B41N2/c89-47-37(48(90)64(106)79(121)63(47)105)20-1-3-27-33(14-20)129-34-15-21(38-49(91)65(107)80(122)66(108)50(38)92)2-4-35(34)131(88-31(45-59(101)75(117)85(127)76(118)60(45)102)12-23(40-53(95)69(111)82(124)70(112)54(40)96)13-32(88)46-61(103)77(119)86(128)78(120)62(46)104)36-17-26(130-24-6-18-5-19(8-24)9-25(130)7-18)16-30(87(36)129)41(27)42-28(43-55(97)71(113)83(125)72(114)56(43)98)10-22(39-51(93)67(109)81(123)68(110)52(39)94)11-29(42)44-57(99)73(115)84(126)74(116)58(44)100/h1-4,10-19,24-25,41H,5-9,89-128H2. The van der Waals surface area contributed by atoms with E-state index in [1.54, 1.807) is 0 Å². The van der Waals surface area contributed by atoms with Gasteiger partial charge in [0.05, 0.1) is 5.69 Å². The van der Waals surface area contributed by atoms with E-state index in [2.05, 4.69) is 396 Å². The zero-order chi connectivity index (χ0) is 94.7. The number of piperidine rings is 2. The second-order valence-electron chi connectivity index (χ2n) is 43.3. The SMILES string of the molecule is Bc1c(B)c(B)c(-c2ccc3c(c2)B2c4cc(-c5c(B)c(B)c(B)c(B)c5B)ccc4N(c4c(-c5c(B)c(B)c(B)c(B)c5B)cc(-c5c(B)c(B)c(B)c(B)c5B)cc4-c4c(B)c(B)c(B)c(B)c4B)c4cc(N5C6CC7CC(C6)CC5C7)cc(c42)C3c2c(-c3c(B)c(B)c(B)c(B)c3B)cc(-c3c(B)c(B)c(B)c(B)c3B)cc2-c2c(B)c(B)c(B)c(B)c2B)c(B)c1B. The molecule has 1 atom stereocenters. The van der Waals surface area contributed by atoms with Crippen molar-refractivity contribution in [3.63, 3.8) is 0 Å². The van der Waals surface area contributed by atoms with Crippen LogP contribution in [-0.4, -0.2) is 333 Å². The summed E-state index contributed by atoms with van der Waals surface area (Å²) in [6.07, 6.45) is 6.33. The van der Waals surface area contributed by atoms with Crippen molar-refractivity contribution >= 4 is 578 Å². The fraction of sp³-hybridized carbons (Fsp3) is 0.114. The molecule has 0 aromatic heterocycles. The Morgan fingerprint density at radius 2 is 0.466 bits per heavy atom. The molecule has 4 fully saturated rings. The van der Waals surface area contributed by atoms with Gasteiger partial charge in [0.15, 0.2) is 0 Å². The van der Waals surface area contributed by atoms with Crippen molar-refractivity contribution in [2.75, 3.05) is 9.80 Å². The van der Waals surface area contributed by atoms with E-state index in [4.69, 9.17) is 0 Å². The van der Waals surface area contributed by atoms with E-state index in [0.29, 0.717) is 12.1 Å². The van der Waals surface area contributed by atoms with Gasteiger partial charge in [-0.05, 0) is 192 Å². The highest BCUT2D eigenvalue weighted by atomic mass is 15.2. The average Bonchev–Trinajstić information content (AvgIpc) is 0.534. The number of anilines is 4. The first-order chi connectivity index (χ1) is 61.7. The van der Waals surface area contributed by atoms with Crippen molar-refractivity contribution in [3.05, 3.63) is 89.5 Å². The highest BCUT2D eigenvalue weighted by molar-refractivity contribution is 6.99. The van der Waals surface area contributed by atoms with E-state index < -0.39 is 0 Å². The van der Waals surface area contributed by atoms with Crippen molar-refractivity contribution in [1.29, 1.82) is 0 Å². The molecule has 4 heterocycles. The molecule has 592 valence electrons. The molecule has 0 spiro atoms. The first kappa shape index (κ1) is 93.5. The molecule has 2 saturated carbocycles. The van der Waals surface area contributed by atoms with Gasteiger partial charge in [-0.15, -0.1) is 131 Å². The molecule has 0 radical (unpaired) electrons. The summed E-state index contributed by atoms with van der Waals surface area (Å²) in [5, 5.41) is 0. The van der Waals surface area contributed by atoms with E-state index in [-0.39, 0.29) is 12.6 Å². The molecule has 13 aromatic carbocycles. The van der Waals surface area contributed by atoms with Gasteiger partial charge in [0, 0.05) is 46.2 Å². The van der Waals surface area contributed by atoms with Gasteiger partial charge in [0.1, 0.15) is 314 Å². The van der Waals surface area contributed by atoms with Crippen molar-refractivity contribution in [2.24, 2.45) is 11.8 Å². The molecule has 2 nitrogen and oxygen atoms in total. The first-order valence-corrected chi connectivity index (χ1v) is 49.7. The number of fused-ring (bicyclic) bond motifs is 4. The van der Waals surface area contributed by atoms with Crippen LogP contribution >= 0.6 is 0 Å². The summed E-state index contributed by atoms with van der Waals surface area (Å²) >= 11 is 0. The third-order valence-electron chi connectivity index (χ3n) is 38.5. The predicted octanol–water partition coefficient (Wildman–Crippen LogP) is -49.1. The predicted molar refractivity (Wildman–Crippen MR) is 710 cm³/mol. The summed E-state index contributed by atoms with van der Waals surface area (Å²) in [4.78, 5) is 6.09. The van der Waals surface area contributed by atoms with E-state index in [9.17, 15) is 0 Å². The smallest absolute Gasteiger partial charge is 0.247 e. The largest absolute Gasteiger partial charge is 0.365 e. The minimum absolute atomic E-state index is 0.245. The number of benzene rings is 13. The summed E-state index contributed by atoms with van der Waals surface area (Å²) in [7, 11) is 96.7. The average molecular weight is 1640 g/mol. The van der Waals surface area contributed by atoms with Gasteiger partial charge in [-0.2, -0.15) is 0 Å². The summed E-state index contributed by atoms with van der Waals surface area (Å²) in [5.41, 5.74) is 89.6. The highest BCUT2D eigenvalue weighted by Gasteiger charge is 2.51. The van der Waals surface area contributed by atoms with Crippen LogP contribution < -0.4 is 245 Å².